The summed E-state index contributed by atoms with van der Waals surface area (Å²) >= 11 is 5.41. The van der Waals surface area contributed by atoms with E-state index in [1.807, 2.05) is 86.9 Å². The molecule has 4 atom stereocenters. The van der Waals surface area contributed by atoms with Crippen LogP contribution in [0.25, 0.3) is 34.1 Å². The van der Waals surface area contributed by atoms with Gasteiger partial charge in [0.1, 0.15) is 64.3 Å². The molecule has 6 saturated heterocycles. The number of carbonyl (C=O) groups excluding carboxylic acids is 10. The third-order valence-electron chi connectivity index (χ3n) is 21.3. The van der Waals surface area contributed by atoms with Gasteiger partial charge in [0.2, 0.25) is 35.4 Å². The SMILES string of the molecule is Cl.Fc1cccc([C@H]2CCCN2c2ccc3ncc(-c4cccc(N5CCNCC5)n4)n3n2)c1.O=C1CCC(N2C(=O)c3ccc(NC(=O)CCl)cc3C2=O)C(=O)N1.O=C1CCC(N2C(=O)c3ccc(NC(=O)CN4CCN(c5cccc(-c6cnc7ccc(N8CCC[C@@H]8c8cccc(F)c8)nn67)n5)CC4)cc3C2=O)C(=O)N1. The van der Waals surface area contributed by atoms with Crippen molar-refractivity contribution < 1.29 is 56.7 Å². The van der Waals surface area contributed by atoms with Gasteiger partial charge in [0.15, 0.2) is 11.3 Å². The van der Waals surface area contributed by atoms with Crippen LogP contribution in [0.4, 0.5) is 43.4 Å². The molecule has 8 aliphatic heterocycles. The van der Waals surface area contributed by atoms with Crippen molar-refractivity contribution in [2.24, 2.45) is 0 Å². The van der Waals surface area contributed by atoms with Gasteiger partial charge in [0.05, 0.1) is 64.7 Å². The van der Waals surface area contributed by atoms with Gasteiger partial charge in [-0.1, -0.05) is 36.4 Å². The summed E-state index contributed by atoms with van der Waals surface area (Å²) in [5.74, 6) is -2.67. The van der Waals surface area contributed by atoms with E-state index in [1.165, 1.54) is 42.5 Å². The Morgan fingerprint density at radius 1 is 0.465 bits per heavy atom. The number of carbonyl (C=O) groups is 10. The van der Waals surface area contributed by atoms with E-state index in [2.05, 4.69) is 62.2 Å². The molecule has 0 aliphatic carbocycles. The summed E-state index contributed by atoms with van der Waals surface area (Å²) < 4.78 is 31.6. The van der Waals surface area contributed by atoms with Gasteiger partial charge in [-0.2, -0.15) is 0 Å². The third-order valence-corrected chi connectivity index (χ3v) is 21.6. The number of benzene rings is 4. The Hall–Kier alpha value is -12.5. The minimum Gasteiger partial charge on any atom is -0.354 e. The second-order valence-corrected chi connectivity index (χ2v) is 28.7. The number of pyridine rings is 2. The quantitative estimate of drug-likeness (QED) is 0.0482. The van der Waals surface area contributed by atoms with E-state index >= 15 is 0 Å². The lowest BCUT2D eigenvalue weighted by Gasteiger charge is -2.35. The standard InChI is InChI=1S/C40H37FN10O5.C25H26FN7.C15H12ClN3O5.ClH/c41-25-5-1-4-24(20-25)30-7-3-15-49(30)35-13-12-33-42-22-32(51(33)46-35)29-6-2-8-34(44-29)48-18-16-47(17-19-48)23-37(53)43-26-9-10-27-28(21-26)40(56)50(39(27)55)31-11-14-36(52)45-38(31)54;26-19-5-1-4-18(16-19)21-7-3-13-32(21)25-10-9-23-28-17-22(33(23)30-25)20-6-2-8-24(29-20)31-14-11-27-12-15-31;16-6-12(21)17-7-1-2-8-9(5-7)15(24)19(14(8)23)10-3-4-11(20)18-13(10)22;/h1-2,4-6,8-10,12-13,20-22,30-31H,3,7,11,14-19,23H2,(H,43,53)(H,45,52,54);1-2,4-6,8-10,16-17,21,27H,3,7,11-15H2;1-2,5,10H,3-4,6H2,(H,17,21)(H,18,20,22);1H/t30-,31?;21-;;/m11../s1. The summed E-state index contributed by atoms with van der Waals surface area (Å²) in [6.45, 7) is 8.16. The van der Waals surface area contributed by atoms with Crippen molar-refractivity contribution >= 4 is 129 Å². The minimum atomic E-state index is -1.06. The molecule has 0 spiro atoms. The normalized spacial score (nSPS) is 19.6. The van der Waals surface area contributed by atoms with Crippen LogP contribution in [0.2, 0.25) is 0 Å². The minimum absolute atomic E-state index is 0. The Bertz CT molecular complexity index is 5500. The van der Waals surface area contributed by atoms with E-state index in [0.717, 1.165) is 138 Å². The van der Waals surface area contributed by atoms with Crippen LogP contribution in [0.5, 0.6) is 0 Å². The highest BCUT2D eigenvalue weighted by Crippen LogP contribution is 2.39. The number of imide groups is 4. The number of hydrogen-bond donors (Lipinski definition) is 5. The lowest BCUT2D eigenvalue weighted by atomic mass is 10.0. The molecule has 6 fully saturated rings. The van der Waals surface area contributed by atoms with Crippen LogP contribution in [0.3, 0.4) is 0 Å². The van der Waals surface area contributed by atoms with Gasteiger partial charge >= 0.3 is 0 Å². The largest absolute Gasteiger partial charge is 0.354 e. The third kappa shape index (κ3) is 15.8. The van der Waals surface area contributed by atoms with Crippen molar-refractivity contribution in [2.45, 2.75) is 75.5 Å². The molecule has 2 unspecified atom stereocenters. The molecule has 0 radical (unpaired) electrons. The zero-order valence-corrected chi connectivity index (χ0v) is 62.9. The number of piperazine rings is 2. The fourth-order valence-corrected chi connectivity index (χ4v) is 15.9. The summed E-state index contributed by atoms with van der Waals surface area (Å²) in [4.78, 5) is 155. The number of aromatic nitrogens is 8. The second-order valence-electron chi connectivity index (χ2n) is 28.4. The highest BCUT2D eigenvalue weighted by atomic mass is 35.5. The number of piperidine rings is 2. The first kappa shape index (κ1) is 76.8. The summed E-state index contributed by atoms with van der Waals surface area (Å²) in [5.41, 5.74) is 7.76. The number of nitrogens with one attached hydrogen (secondary N) is 5. The van der Waals surface area contributed by atoms with Crippen LogP contribution in [-0.2, 0) is 28.8 Å². The fourth-order valence-electron chi connectivity index (χ4n) is 15.8. The van der Waals surface area contributed by atoms with Crippen LogP contribution in [0.1, 0.15) is 116 Å². The number of anilines is 6. The molecule has 34 heteroatoms. The Morgan fingerprint density at radius 2 is 0.912 bits per heavy atom. The molecular formula is C80H76Cl2F2N20O10. The van der Waals surface area contributed by atoms with Gasteiger partial charge in [-0.25, -0.2) is 37.7 Å². The van der Waals surface area contributed by atoms with Crippen LogP contribution >= 0.6 is 24.0 Å². The molecule has 10 aromatic rings. The Labute approximate surface area is 661 Å². The highest BCUT2D eigenvalue weighted by molar-refractivity contribution is 6.29. The average Bonchev–Trinajstić information content (AvgIpc) is 1.62. The summed E-state index contributed by atoms with van der Waals surface area (Å²) in [6, 6.07) is 40.3. The van der Waals surface area contributed by atoms with Gasteiger partial charge in [-0.05, 0) is 159 Å². The van der Waals surface area contributed by atoms with Gasteiger partial charge in [0.25, 0.3) is 23.6 Å². The lowest BCUT2D eigenvalue weighted by molar-refractivity contribution is -0.137. The molecule has 6 aromatic heterocycles. The highest BCUT2D eigenvalue weighted by Gasteiger charge is 2.47. The van der Waals surface area contributed by atoms with Crippen LogP contribution < -0.4 is 46.2 Å². The first-order chi connectivity index (χ1) is 54.9. The molecule has 584 valence electrons. The molecule has 14 heterocycles. The zero-order valence-electron chi connectivity index (χ0n) is 61.3. The van der Waals surface area contributed by atoms with E-state index in [0.29, 0.717) is 43.2 Å². The van der Waals surface area contributed by atoms with Gasteiger partial charge in [0, 0.05) is 89.7 Å². The van der Waals surface area contributed by atoms with Crippen LogP contribution in [-0.4, -0.2) is 203 Å². The monoisotopic (exact) mass is 1580 g/mol. The molecule has 114 heavy (non-hydrogen) atoms. The van der Waals surface area contributed by atoms with E-state index in [9.17, 15) is 56.7 Å². The van der Waals surface area contributed by atoms with Gasteiger partial charge in [-0.3, -0.25) is 73.3 Å². The van der Waals surface area contributed by atoms with Crippen molar-refractivity contribution in [3.05, 3.63) is 203 Å². The van der Waals surface area contributed by atoms with Crippen molar-refractivity contribution in [1.82, 2.24) is 69.8 Å². The van der Waals surface area contributed by atoms with Gasteiger partial charge in [-0.15, -0.1) is 34.2 Å². The smallest absolute Gasteiger partial charge is 0.262 e. The summed E-state index contributed by atoms with van der Waals surface area (Å²) in [7, 11) is 0. The first-order valence-electron chi connectivity index (χ1n) is 37.4. The molecule has 0 saturated carbocycles. The molecule has 30 nitrogen and oxygen atoms in total. The maximum atomic E-state index is 14.1. The number of imidazole rings is 2. The Kier molecular flexibility index (Phi) is 22.3. The number of amides is 10. The van der Waals surface area contributed by atoms with Crippen molar-refractivity contribution in [1.29, 1.82) is 0 Å². The number of rotatable bonds is 15. The molecule has 5 N–H and O–H groups in total. The van der Waals surface area contributed by atoms with Crippen molar-refractivity contribution in [2.75, 3.05) is 108 Å². The predicted molar refractivity (Wildman–Crippen MR) is 419 cm³/mol. The number of fused-ring (bicyclic) bond motifs is 4. The maximum absolute atomic E-state index is 14.1. The van der Waals surface area contributed by atoms with Crippen molar-refractivity contribution in [3.63, 3.8) is 0 Å². The van der Waals surface area contributed by atoms with E-state index in [1.54, 1.807) is 36.5 Å². The number of hydrogen-bond acceptors (Lipinski definition) is 22. The van der Waals surface area contributed by atoms with Crippen molar-refractivity contribution in [3.8, 4) is 22.8 Å². The Morgan fingerprint density at radius 3 is 1.37 bits per heavy atom. The van der Waals surface area contributed by atoms with Gasteiger partial charge < -0.3 is 35.6 Å². The summed E-state index contributed by atoms with van der Waals surface area (Å²) in [5, 5.41) is 23.0. The summed E-state index contributed by atoms with van der Waals surface area (Å²) in [6.07, 6.45) is 7.77. The molecule has 0 bridgehead atoms. The second kappa shape index (κ2) is 33.0. The van der Waals surface area contributed by atoms with Crippen LogP contribution in [0.15, 0.2) is 158 Å². The molecule has 8 aliphatic rings. The van der Waals surface area contributed by atoms with E-state index in [-0.39, 0.29) is 102 Å². The number of nitrogens with zero attached hydrogens (tertiary/aromatic N) is 15. The average molecular weight is 1590 g/mol. The molecular weight excluding hydrogens is 1510 g/mol. The van der Waals surface area contributed by atoms with E-state index in [4.69, 9.17) is 31.8 Å². The first-order valence-corrected chi connectivity index (χ1v) is 37.9. The zero-order chi connectivity index (χ0) is 78.1. The predicted octanol–water partition coefficient (Wildman–Crippen LogP) is 7.80. The number of alkyl halides is 1. The molecule has 10 amide bonds. The topological polar surface area (TPSA) is 340 Å². The Balaban J connectivity index is 0.000000149. The number of halogens is 4. The lowest BCUT2D eigenvalue weighted by Crippen LogP contribution is -2.54. The molecule has 4 aromatic carbocycles. The molecule has 18 rings (SSSR count). The van der Waals surface area contributed by atoms with Crippen LogP contribution in [0, 0.1) is 11.6 Å². The fraction of sp³-hybridized carbons (Fsp3) is 0.300. The maximum Gasteiger partial charge on any atom is 0.262 e. The van der Waals surface area contributed by atoms with E-state index < -0.39 is 65.2 Å².